The molecule has 0 aliphatic carbocycles. The molecule has 1 heterocycles. The number of halogens is 1. The van der Waals surface area contributed by atoms with E-state index in [2.05, 4.69) is 21.0 Å². The summed E-state index contributed by atoms with van der Waals surface area (Å²) < 4.78 is 6.43. The van der Waals surface area contributed by atoms with Crippen LogP contribution in [-0.2, 0) is 9.53 Å². The van der Waals surface area contributed by atoms with Crippen molar-refractivity contribution >= 4 is 27.7 Å². The SMILES string of the molecule is CCOC(=O)[C@H](C)n1nc(Br)c(C#N)c1N. The normalized spacial score (nSPS) is 11.9. The molecule has 6 nitrogen and oxygen atoms in total. The van der Waals surface area contributed by atoms with Gasteiger partial charge >= 0.3 is 5.97 Å². The van der Waals surface area contributed by atoms with Crippen LogP contribution in [0.1, 0.15) is 25.5 Å². The van der Waals surface area contributed by atoms with Crippen LogP contribution in [0.15, 0.2) is 4.60 Å². The zero-order valence-electron chi connectivity index (χ0n) is 8.90. The third-order valence-electron chi connectivity index (χ3n) is 2.01. The summed E-state index contributed by atoms with van der Waals surface area (Å²) in [5.41, 5.74) is 5.91. The van der Waals surface area contributed by atoms with Crippen LogP contribution < -0.4 is 5.73 Å². The molecule has 0 aromatic carbocycles. The maximum absolute atomic E-state index is 11.5. The molecule has 0 saturated carbocycles. The first-order valence-electron chi connectivity index (χ1n) is 4.63. The minimum Gasteiger partial charge on any atom is -0.464 e. The molecule has 0 unspecified atom stereocenters. The zero-order chi connectivity index (χ0) is 12.3. The summed E-state index contributed by atoms with van der Waals surface area (Å²) in [6, 6.07) is 1.25. The van der Waals surface area contributed by atoms with Gasteiger partial charge in [-0.25, -0.2) is 9.48 Å². The fourth-order valence-electron chi connectivity index (χ4n) is 1.18. The van der Waals surface area contributed by atoms with Gasteiger partial charge in [0.2, 0.25) is 0 Å². The molecule has 0 aliphatic heterocycles. The second kappa shape index (κ2) is 4.99. The van der Waals surface area contributed by atoms with E-state index in [9.17, 15) is 4.79 Å². The van der Waals surface area contributed by atoms with Gasteiger partial charge in [0, 0.05) is 0 Å². The Labute approximate surface area is 101 Å². The lowest BCUT2D eigenvalue weighted by atomic mass is 10.3. The second-order valence-corrected chi connectivity index (χ2v) is 3.79. The Kier molecular flexibility index (Phi) is 3.90. The average Bonchev–Trinajstić information content (AvgIpc) is 2.53. The molecule has 0 bridgehead atoms. The molecule has 1 aromatic heterocycles. The first-order valence-corrected chi connectivity index (χ1v) is 5.42. The van der Waals surface area contributed by atoms with Gasteiger partial charge in [0.1, 0.15) is 28.1 Å². The molecule has 0 spiro atoms. The van der Waals surface area contributed by atoms with Gasteiger partial charge in [0.05, 0.1) is 6.61 Å². The molecule has 86 valence electrons. The molecule has 7 heteroatoms. The topological polar surface area (TPSA) is 93.9 Å². The number of carbonyl (C=O) groups is 1. The Morgan fingerprint density at radius 3 is 2.88 bits per heavy atom. The largest absolute Gasteiger partial charge is 0.464 e. The number of anilines is 1. The maximum Gasteiger partial charge on any atom is 0.330 e. The molecule has 1 rings (SSSR count). The van der Waals surface area contributed by atoms with E-state index in [1.165, 1.54) is 4.68 Å². The number of nitriles is 1. The van der Waals surface area contributed by atoms with Crippen molar-refractivity contribution in [3.8, 4) is 6.07 Å². The highest BCUT2D eigenvalue weighted by Crippen LogP contribution is 2.24. The fourth-order valence-corrected chi connectivity index (χ4v) is 1.64. The summed E-state index contributed by atoms with van der Waals surface area (Å²) >= 11 is 3.10. The predicted molar refractivity (Wildman–Crippen MR) is 60.4 cm³/mol. The summed E-state index contributed by atoms with van der Waals surface area (Å²) in [6.45, 7) is 3.61. The number of rotatable bonds is 3. The van der Waals surface area contributed by atoms with Gasteiger partial charge in [-0.3, -0.25) is 0 Å². The van der Waals surface area contributed by atoms with E-state index in [4.69, 9.17) is 15.7 Å². The lowest BCUT2D eigenvalue weighted by Crippen LogP contribution is -2.21. The molecule has 0 fully saturated rings. The summed E-state index contributed by atoms with van der Waals surface area (Å²) in [5.74, 6) is -0.288. The molecule has 0 saturated heterocycles. The molecule has 1 aromatic rings. The van der Waals surface area contributed by atoms with E-state index in [1.807, 2.05) is 6.07 Å². The minimum absolute atomic E-state index is 0.148. The van der Waals surface area contributed by atoms with Crippen molar-refractivity contribution in [3.63, 3.8) is 0 Å². The molecule has 0 aliphatic rings. The number of hydrogen-bond acceptors (Lipinski definition) is 5. The maximum atomic E-state index is 11.5. The van der Waals surface area contributed by atoms with Crippen molar-refractivity contribution in [1.29, 1.82) is 5.26 Å². The van der Waals surface area contributed by atoms with Crippen molar-refractivity contribution in [3.05, 3.63) is 10.2 Å². The third-order valence-corrected chi connectivity index (χ3v) is 2.57. The Balaban J connectivity index is 3.06. The van der Waals surface area contributed by atoms with Crippen LogP contribution in [0.5, 0.6) is 0 Å². The summed E-state index contributed by atoms with van der Waals surface area (Å²) in [4.78, 5) is 11.5. The molecule has 1 atom stereocenters. The van der Waals surface area contributed by atoms with Crippen LogP contribution in [0.3, 0.4) is 0 Å². The highest BCUT2D eigenvalue weighted by molar-refractivity contribution is 9.10. The van der Waals surface area contributed by atoms with Gasteiger partial charge in [0.15, 0.2) is 0 Å². The minimum atomic E-state index is -0.654. The summed E-state index contributed by atoms with van der Waals surface area (Å²) in [5, 5.41) is 12.8. The van der Waals surface area contributed by atoms with Crippen LogP contribution in [0.4, 0.5) is 5.82 Å². The van der Waals surface area contributed by atoms with E-state index in [1.54, 1.807) is 13.8 Å². The average molecular weight is 287 g/mol. The Morgan fingerprint density at radius 1 is 1.81 bits per heavy atom. The molecule has 2 N–H and O–H groups in total. The summed E-state index contributed by atoms with van der Waals surface area (Å²) in [7, 11) is 0. The first kappa shape index (κ1) is 12.5. The van der Waals surface area contributed by atoms with Crippen molar-refractivity contribution in [1.82, 2.24) is 9.78 Å². The number of nitrogens with zero attached hydrogens (tertiary/aromatic N) is 3. The Morgan fingerprint density at radius 2 is 2.44 bits per heavy atom. The van der Waals surface area contributed by atoms with Crippen LogP contribution in [0.25, 0.3) is 0 Å². The standard InChI is InChI=1S/C9H11BrN4O2/c1-3-16-9(15)5(2)14-8(12)6(4-11)7(10)13-14/h5H,3,12H2,1-2H3/t5-/m0/s1. The number of nitrogen functional groups attached to an aromatic ring is 1. The lowest BCUT2D eigenvalue weighted by molar-refractivity contribution is -0.146. The third kappa shape index (κ3) is 2.17. The van der Waals surface area contributed by atoms with Gasteiger partial charge in [-0.2, -0.15) is 10.4 Å². The molecule has 0 radical (unpaired) electrons. The van der Waals surface area contributed by atoms with Crippen molar-refractivity contribution < 1.29 is 9.53 Å². The molecular formula is C9H11BrN4O2. The highest BCUT2D eigenvalue weighted by atomic mass is 79.9. The van der Waals surface area contributed by atoms with Crippen LogP contribution >= 0.6 is 15.9 Å². The van der Waals surface area contributed by atoms with Crippen molar-refractivity contribution in [2.45, 2.75) is 19.9 Å². The number of carbonyl (C=O) groups excluding carboxylic acids is 1. The van der Waals surface area contributed by atoms with Crippen molar-refractivity contribution in [2.75, 3.05) is 12.3 Å². The van der Waals surface area contributed by atoms with Crippen LogP contribution in [0, 0.1) is 11.3 Å². The number of ether oxygens (including phenoxy) is 1. The van der Waals surface area contributed by atoms with Gasteiger partial charge < -0.3 is 10.5 Å². The number of aromatic nitrogens is 2. The van der Waals surface area contributed by atoms with Crippen LogP contribution in [-0.4, -0.2) is 22.4 Å². The predicted octanol–water partition coefficient (Wildman–Crippen LogP) is 1.22. The van der Waals surface area contributed by atoms with E-state index in [0.717, 1.165) is 0 Å². The van der Waals surface area contributed by atoms with Gasteiger partial charge in [-0.05, 0) is 29.8 Å². The van der Waals surface area contributed by atoms with E-state index in [-0.39, 0.29) is 18.0 Å². The van der Waals surface area contributed by atoms with Crippen molar-refractivity contribution in [2.24, 2.45) is 0 Å². The Hall–Kier alpha value is -1.55. The van der Waals surface area contributed by atoms with Gasteiger partial charge in [0.25, 0.3) is 0 Å². The second-order valence-electron chi connectivity index (χ2n) is 3.04. The van der Waals surface area contributed by atoms with Crippen LogP contribution in [0.2, 0.25) is 0 Å². The number of esters is 1. The first-order chi connectivity index (χ1) is 7.52. The van der Waals surface area contributed by atoms with Gasteiger partial charge in [-0.15, -0.1) is 0 Å². The monoisotopic (exact) mass is 286 g/mol. The Bertz CT molecular complexity index is 449. The van der Waals surface area contributed by atoms with E-state index in [0.29, 0.717) is 4.60 Å². The number of hydrogen-bond donors (Lipinski definition) is 1. The molecule has 16 heavy (non-hydrogen) atoms. The highest BCUT2D eigenvalue weighted by Gasteiger charge is 2.23. The zero-order valence-corrected chi connectivity index (χ0v) is 10.5. The number of nitrogens with two attached hydrogens (primary N) is 1. The smallest absolute Gasteiger partial charge is 0.330 e. The van der Waals surface area contributed by atoms with E-state index < -0.39 is 12.0 Å². The molecule has 0 amide bonds. The summed E-state index contributed by atoms with van der Waals surface area (Å²) in [6.07, 6.45) is 0. The lowest BCUT2D eigenvalue weighted by Gasteiger charge is -2.11. The fraction of sp³-hybridized carbons (Fsp3) is 0.444. The van der Waals surface area contributed by atoms with E-state index >= 15 is 0 Å². The van der Waals surface area contributed by atoms with Gasteiger partial charge in [-0.1, -0.05) is 0 Å². The molecular weight excluding hydrogens is 276 g/mol. The quantitative estimate of drug-likeness (QED) is 0.843.